The molecule has 1 saturated carbocycles. The molecular formula is C10H13NO. The van der Waals surface area contributed by atoms with Gasteiger partial charge in [-0.2, -0.15) is 0 Å². The molecule has 0 bridgehead atoms. The summed E-state index contributed by atoms with van der Waals surface area (Å²) in [6.45, 7) is 0. The summed E-state index contributed by atoms with van der Waals surface area (Å²) in [5.41, 5.74) is 7.06. The van der Waals surface area contributed by atoms with E-state index in [0.717, 1.165) is 12.2 Å². The van der Waals surface area contributed by atoms with Crippen LogP contribution in [0.1, 0.15) is 17.9 Å². The average molecular weight is 163 g/mol. The number of nitrogens with two attached hydrogens (primary N) is 1. The van der Waals surface area contributed by atoms with Gasteiger partial charge in [-0.1, -0.05) is 12.1 Å². The first-order chi connectivity index (χ1) is 5.81. The second-order valence-electron chi connectivity index (χ2n) is 3.28. The maximum Gasteiger partial charge on any atom is 0.119 e. The topological polar surface area (TPSA) is 35.2 Å². The highest BCUT2D eigenvalue weighted by molar-refractivity contribution is 5.34. The molecule has 0 saturated heterocycles. The van der Waals surface area contributed by atoms with Gasteiger partial charge < -0.3 is 10.5 Å². The van der Waals surface area contributed by atoms with Crippen LogP contribution >= 0.6 is 0 Å². The Labute approximate surface area is 72.3 Å². The quantitative estimate of drug-likeness (QED) is 0.717. The molecule has 0 amide bonds. The fourth-order valence-corrected chi connectivity index (χ4v) is 1.47. The van der Waals surface area contributed by atoms with E-state index < -0.39 is 0 Å². The molecule has 0 aromatic heterocycles. The summed E-state index contributed by atoms with van der Waals surface area (Å²) < 4.78 is 5.13. The standard InChI is InChI=1S/C10H13NO/c1-12-8-4-2-3-7(5-8)9-6-10(9)11/h2-5,9-10H,6,11H2,1H3/t9-,10-/m0/s1. The Morgan fingerprint density at radius 1 is 1.50 bits per heavy atom. The third-order valence-corrected chi connectivity index (χ3v) is 2.36. The molecular weight excluding hydrogens is 150 g/mol. The minimum absolute atomic E-state index is 0.372. The Bertz CT molecular complexity index is 285. The lowest BCUT2D eigenvalue weighted by Gasteiger charge is -2.02. The minimum Gasteiger partial charge on any atom is -0.497 e. The van der Waals surface area contributed by atoms with E-state index in [9.17, 15) is 0 Å². The normalized spacial score (nSPS) is 26.8. The predicted octanol–water partition coefficient (Wildman–Crippen LogP) is 1.51. The molecule has 0 aliphatic heterocycles. The van der Waals surface area contributed by atoms with Gasteiger partial charge in [-0.05, 0) is 24.1 Å². The van der Waals surface area contributed by atoms with Crippen molar-refractivity contribution in [3.63, 3.8) is 0 Å². The van der Waals surface area contributed by atoms with Gasteiger partial charge in [0.1, 0.15) is 5.75 Å². The lowest BCUT2D eigenvalue weighted by Crippen LogP contribution is -2.00. The van der Waals surface area contributed by atoms with Gasteiger partial charge in [-0.15, -0.1) is 0 Å². The summed E-state index contributed by atoms with van der Waals surface area (Å²) in [6, 6.07) is 8.52. The van der Waals surface area contributed by atoms with Crippen LogP contribution in [-0.2, 0) is 0 Å². The molecule has 0 radical (unpaired) electrons. The van der Waals surface area contributed by atoms with Gasteiger partial charge >= 0.3 is 0 Å². The zero-order valence-corrected chi connectivity index (χ0v) is 7.16. The van der Waals surface area contributed by atoms with Crippen molar-refractivity contribution < 1.29 is 4.74 Å². The summed E-state index contributed by atoms with van der Waals surface area (Å²) in [6.07, 6.45) is 1.12. The first-order valence-corrected chi connectivity index (χ1v) is 4.21. The highest BCUT2D eigenvalue weighted by Crippen LogP contribution is 2.39. The first kappa shape index (κ1) is 7.62. The van der Waals surface area contributed by atoms with Crippen molar-refractivity contribution >= 4 is 0 Å². The molecule has 2 N–H and O–H groups in total. The van der Waals surface area contributed by atoms with Crippen molar-refractivity contribution in [1.29, 1.82) is 0 Å². The third-order valence-electron chi connectivity index (χ3n) is 2.36. The highest BCUT2D eigenvalue weighted by atomic mass is 16.5. The number of hydrogen-bond donors (Lipinski definition) is 1. The van der Waals surface area contributed by atoms with Crippen LogP contribution in [0, 0.1) is 0 Å². The van der Waals surface area contributed by atoms with E-state index in [4.69, 9.17) is 10.5 Å². The minimum atomic E-state index is 0.372. The van der Waals surface area contributed by atoms with Crippen LogP contribution in [0.15, 0.2) is 24.3 Å². The van der Waals surface area contributed by atoms with E-state index in [1.54, 1.807) is 7.11 Å². The van der Waals surface area contributed by atoms with Gasteiger partial charge in [-0.3, -0.25) is 0 Å². The number of benzene rings is 1. The molecule has 0 unspecified atom stereocenters. The zero-order chi connectivity index (χ0) is 8.55. The lowest BCUT2D eigenvalue weighted by molar-refractivity contribution is 0.414. The second-order valence-corrected chi connectivity index (χ2v) is 3.28. The molecule has 1 aromatic carbocycles. The van der Waals surface area contributed by atoms with Gasteiger partial charge in [-0.25, -0.2) is 0 Å². The van der Waals surface area contributed by atoms with E-state index in [1.807, 2.05) is 12.1 Å². The number of hydrogen-bond acceptors (Lipinski definition) is 2. The SMILES string of the molecule is COc1cccc([C@@H]2C[C@@H]2N)c1. The summed E-state index contributed by atoms with van der Waals surface area (Å²) in [4.78, 5) is 0. The van der Waals surface area contributed by atoms with E-state index >= 15 is 0 Å². The fourth-order valence-electron chi connectivity index (χ4n) is 1.47. The van der Waals surface area contributed by atoms with Crippen molar-refractivity contribution in [2.24, 2.45) is 5.73 Å². The molecule has 1 aliphatic rings. The van der Waals surface area contributed by atoms with Crippen molar-refractivity contribution in [3.05, 3.63) is 29.8 Å². The Hall–Kier alpha value is -1.02. The maximum atomic E-state index is 5.75. The van der Waals surface area contributed by atoms with Gasteiger partial charge in [0.15, 0.2) is 0 Å². The van der Waals surface area contributed by atoms with Crippen molar-refractivity contribution in [2.45, 2.75) is 18.4 Å². The molecule has 2 heteroatoms. The summed E-state index contributed by atoms with van der Waals surface area (Å²) in [5, 5.41) is 0. The van der Waals surface area contributed by atoms with Crippen LogP contribution < -0.4 is 10.5 Å². The molecule has 64 valence electrons. The highest BCUT2D eigenvalue weighted by Gasteiger charge is 2.34. The van der Waals surface area contributed by atoms with Crippen LogP contribution in [0.5, 0.6) is 5.75 Å². The van der Waals surface area contributed by atoms with Gasteiger partial charge in [0.25, 0.3) is 0 Å². The summed E-state index contributed by atoms with van der Waals surface area (Å²) in [7, 11) is 1.69. The Morgan fingerprint density at radius 3 is 2.83 bits per heavy atom. The monoisotopic (exact) mass is 163 g/mol. The predicted molar refractivity (Wildman–Crippen MR) is 48.3 cm³/mol. The number of methoxy groups -OCH3 is 1. The fraction of sp³-hybridized carbons (Fsp3) is 0.400. The van der Waals surface area contributed by atoms with Crippen molar-refractivity contribution in [1.82, 2.24) is 0 Å². The van der Waals surface area contributed by atoms with E-state index in [1.165, 1.54) is 5.56 Å². The number of ether oxygens (including phenoxy) is 1. The van der Waals surface area contributed by atoms with Gasteiger partial charge in [0, 0.05) is 12.0 Å². The van der Waals surface area contributed by atoms with Gasteiger partial charge in [0.2, 0.25) is 0 Å². The maximum absolute atomic E-state index is 5.75. The molecule has 1 fully saturated rings. The molecule has 2 atom stereocenters. The second kappa shape index (κ2) is 2.79. The first-order valence-electron chi connectivity index (χ1n) is 4.21. The van der Waals surface area contributed by atoms with Crippen LogP contribution in [0.3, 0.4) is 0 Å². The van der Waals surface area contributed by atoms with E-state index in [2.05, 4.69) is 12.1 Å². The van der Waals surface area contributed by atoms with E-state index in [-0.39, 0.29) is 0 Å². The van der Waals surface area contributed by atoms with Crippen molar-refractivity contribution in [3.8, 4) is 5.75 Å². The smallest absolute Gasteiger partial charge is 0.119 e. The average Bonchev–Trinajstić information content (AvgIpc) is 2.83. The van der Waals surface area contributed by atoms with Crippen LogP contribution in [0.4, 0.5) is 0 Å². The van der Waals surface area contributed by atoms with Gasteiger partial charge in [0.05, 0.1) is 7.11 Å². The molecule has 1 aromatic rings. The Kier molecular flexibility index (Phi) is 1.77. The van der Waals surface area contributed by atoms with Crippen LogP contribution in [-0.4, -0.2) is 13.2 Å². The Balaban J connectivity index is 2.21. The van der Waals surface area contributed by atoms with Crippen LogP contribution in [0.25, 0.3) is 0 Å². The molecule has 0 heterocycles. The summed E-state index contributed by atoms with van der Waals surface area (Å²) >= 11 is 0. The largest absolute Gasteiger partial charge is 0.497 e. The number of rotatable bonds is 2. The Morgan fingerprint density at radius 2 is 2.25 bits per heavy atom. The van der Waals surface area contributed by atoms with Crippen molar-refractivity contribution in [2.75, 3.05) is 7.11 Å². The molecule has 1 aliphatic carbocycles. The molecule has 0 spiro atoms. The molecule has 2 nitrogen and oxygen atoms in total. The third kappa shape index (κ3) is 1.30. The lowest BCUT2D eigenvalue weighted by atomic mass is 10.1. The summed E-state index contributed by atoms with van der Waals surface area (Å²) in [5.74, 6) is 1.49. The van der Waals surface area contributed by atoms with E-state index in [0.29, 0.717) is 12.0 Å². The molecule has 2 rings (SSSR count). The van der Waals surface area contributed by atoms with Crippen LogP contribution in [0.2, 0.25) is 0 Å². The molecule has 12 heavy (non-hydrogen) atoms. The zero-order valence-electron chi connectivity index (χ0n) is 7.16.